The van der Waals surface area contributed by atoms with Crippen LogP contribution in [-0.2, 0) is 26.4 Å². The summed E-state index contributed by atoms with van der Waals surface area (Å²) in [6.45, 7) is 5.45. The average molecular weight is 263 g/mol. The average Bonchev–Trinajstić information content (AvgIpc) is 2.99. The third-order valence-corrected chi connectivity index (χ3v) is 3.98. The Morgan fingerprint density at radius 1 is 1.37 bits per heavy atom. The molecule has 2 N–H and O–H groups in total. The van der Waals surface area contributed by atoms with Crippen LogP contribution in [0.2, 0.25) is 0 Å². The lowest BCUT2D eigenvalue weighted by Gasteiger charge is -2.13. The topological polar surface area (TPSA) is 50.1 Å². The van der Waals surface area contributed by atoms with Crippen LogP contribution in [-0.4, -0.2) is 27.5 Å². The summed E-state index contributed by atoms with van der Waals surface area (Å²) in [6.07, 6.45) is 7.28. The summed E-state index contributed by atoms with van der Waals surface area (Å²) in [5.74, 6) is 0.322. The van der Waals surface area contributed by atoms with Crippen molar-refractivity contribution in [3.05, 3.63) is 29.1 Å². The summed E-state index contributed by atoms with van der Waals surface area (Å²) < 4.78 is 2.01. The van der Waals surface area contributed by atoms with Gasteiger partial charge in [-0.05, 0) is 19.3 Å². The molecular weight excluding hydrogens is 238 g/mol. The maximum Gasteiger partial charge on any atom is 0.0669 e. The lowest BCUT2D eigenvalue weighted by molar-refractivity contribution is 0.246. The number of rotatable bonds is 6. The number of nitrogens with zero attached hydrogens (tertiary/aromatic N) is 2. The van der Waals surface area contributed by atoms with Crippen LogP contribution in [0.3, 0.4) is 0 Å². The highest BCUT2D eigenvalue weighted by Crippen LogP contribution is 2.19. The molecular formula is C15H25N3O. The normalized spacial score (nSPS) is 22.3. The lowest BCUT2D eigenvalue weighted by Crippen LogP contribution is -2.26. The van der Waals surface area contributed by atoms with Crippen molar-refractivity contribution >= 4 is 0 Å². The van der Waals surface area contributed by atoms with E-state index in [1.165, 1.54) is 17.0 Å². The van der Waals surface area contributed by atoms with Gasteiger partial charge in [-0.3, -0.25) is 4.68 Å². The van der Waals surface area contributed by atoms with E-state index in [9.17, 15) is 0 Å². The Morgan fingerprint density at radius 3 is 2.74 bits per heavy atom. The van der Waals surface area contributed by atoms with Gasteiger partial charge in [-0.2, -0.15) is 5.10 Å². The second kappa shape index (κ2) is 6.35. The van der Waals surface area contributed by atoms with Gasteiger partial charge >= 0.3 is 0 Å². The number of hydrogen-bond acceptors (Lipinski definition) is 3. The summed E-state index contributed by atoms with van der Waals surface area (Å²) >= 11 is 0. The van der Waals surface area contributed by atoms with Crippen LogP contribution in [0, 0.1) is 5.92 Å². The highest BCUT2D eigenvalue weighted by Gasteiger charge is 2.19. The number of aliphatic hydroxyl groups excluding tert-OH is 1. The molecule has 1 aromatic heterocycles. The van der Waals surface area contributed by atoms with Gasteiger partial charge in [-0.1, -0.05) is 26.0 Å². The van der Waals surface area contributed by atoms with Crippen molar-refractivity contribution in [3.63, 3.8) is 0 Å². The third kappa shape index (κ3) is 3.07. The zero-order chi connectivity index (χ0) is 13.8. The fourth-order valence-electron chi connectivity index (χ4n) is 2.89. The Morgan fingerprint density at radius 2 is 2.16 bits per heavy atom. The van der Waals surface area contributed by atoms with E-state index in [1.807, 2.05) is 11.7 Å². The molecule has 1 heterocycles. The molecule has 0 unspecified atom stereocenters. The molecule has 106 valence electrons. The number of aryl methyl sites for hydroxylation is 2. The summed E-state index contributed by atoms with van der Waals surface area (Å²) in [5.41, 5.74) is 3.88. The predicted molar refractivity (Wildman–Crippen MR) is 76.9 cm³/mol. The first-order valence-corrected chi connectivity index (χ1v) is 7.25. The van der Waals surface area contributed by atoms with E-state index in [0.717, 1.165) is 25.8 Å². The molecule has 2 rings (SSSR count). The lowest BCUT2D eigenvalue weighted by atomic mass is 10.1. The van der Waals surface area contributed by atoms with Gasteiger partial charge in [0.2, 0.25) is 0 Å². The molecule has 1 aliphatic rings. The Bertz CT molecular complexity index is 450. The SMILES string of the molecule is CCc1nn(C)c(CC)c1CN[C@@H]1C=C[C@H](CO)C1. The zero-order valence-corrected chi connectivity index (χ0v) is 12.2. The molecule has 4 nitrogen and oxygen atoms in total. The molecule has 0 saturated heterocycles. The monoisotopic (exact) mass is 263 g/mol. The molecule has 2 atom stereocenters. The Balaban J connectivity index is 2.01. The van der Waals surface area contributed by atoms with Crippen molar-refractivity contribution in [1.82, 2.24) is 15.1 Å². The van der Waals surface area contributed by atoms with Gasteiger partial charge in [0.15, 0.2) is 0 Å². The van der Waals surface area contributed by atoms with Gasteiger partial charge in [-0.25, -0.2) is 0 Å². The molecule has 0 radical (unpaired) electrons. The molecule has 1 aliphatic carbocycles. The molecule has 0 spiro atoms. The number of aliphatic hydroxyl groups is 1. The number of nitrogens with one attached hydrogen (secondary N) is 1. The van der Waals surface area contributed by atoms with E-state index in [2.05, 4.69) is 36.4 Å². The van der Waals surface area contributed by atoms with Gasteiger partial charge in [-0.15, -0.1) is 0 Å². The minimum atomic E-state index is 0.252. The molecule has 1 aromatic rings. The molecule has 0 aliphatic heterocycles. The third-order valence-electron chi connectivity index (χ3n) is 3.98. The molecule has 0 aromatic carbocycles. The Kier molecular flexibility index (Phi) is 4.77. The summed E-state index contributed by atoms with van der Waals surface area (Å²) in [4.78, 5) is 0. The summed E-state index contributed by atoms with van der Waals surface area (Å²) in [7, 11) is 2.03. The Hall–Kier alpha value is -1.13. The first-order valence-electron chi connectivity index (χ1n) is 7.25. The first-order chi connectivity index (χ1) is 9.19. The van der Waals surface area contributed by atoms with Crippen molar-refractivity contribution in [2.75, 3.05) is 6.61 Å². The fourth-order valence-corrected chi connectivity index (χ4v) is 2.89. The number of hydrogen-bond donors (Lipinski definition) is 2. The van der Waals surface area contributed by atoms with Crippen molar-refractivity contribution in [1.29, 1.82) is 0 Å². The largest absolute Gasteiger partial charge is 0.396 e. The molecule has 0 bridgehead atoms. The van der Waals surface area contributed by atoms with Gasteiger partial charge in [0.1, 0.15) is 0 Å². The molecule has 4 heteroatoms. The van der Waals surface area contributed by atoms with E-state index >= 15 is 0 Å². The Labute approximate surface area is 115 Å². The molecule has 0 amide bonds. The molecule has 19 heavy (non-hydrogen) atoms. The minimum absolute atomic E-state index is 0.252. The van der Waals surface area contributed by atoms with E-state index in [-0.39, 0.29) is 6.61 Å². The van der Waals surface area contributed by atoms with Gasteiger partial charge in [0, 0.05) is 43.4 Å². The van der Waals surface area contributed by atoms with Gasteiger partial charge in [0.05, 0.1) is 5.69 Å². The highest BCUT2D eigenvalue weighted by atomic mass is 16.3. The second-order valence-corrected chi connectivity index (χ2v) is 5.25. The van der Waals surface area contributed by atoms with Crippen LogP contribution in [0.4, 0.5) is 0 Å². The van der Waals surface area contributed by atoms with Crippen molar-refractivity contribution < 1.29 is 5.11 Å². The van der Waals surface area contributed by atoms with Crippen LogP contribution in [0.25, 0.3) is 0 Å². The molecule has 0 saturated carbocycles. The minimum Gasteiger partial charge on any atom is -0.396 e. The summed E-state index contributed by atoms with van der Waals surface area (Å²) in [6, 6.07) is 0.381. The second-order valence-electron chi connectivity index (χ2n) is 5.25. The smallest absolute Gasteiger partial charge is 0.0669 e. The van der Waals surface area contributed by atoms with Crippen LogP contribution in [0.1, 0.15) is 37.2 Å². The van der Waals surface area contributed by atoms with Crippen LogP contribution >= 0.6 is 0 Å². The molecule has 0 fully saturated rings. The van der Waals surface area contributed by atoms with Crippen LogP contribution in [0.5, 0.6) is 0 Å². The van der Waals surface area contributed by atoms with Crippen LogP contribution < -0.4 is 5.32 Å². The highest BCUT2D eigenvalue weighted by molar-refractivity contribution is 5.27. The fraction of sp³-hybridized carbons (Fsp3) is 0.667. The van der Waals surface area contributed by atoms with Crippen LogP contribution in [0.15, 0.2) is 12.2 Å². The first kappa shape index (κ1) is 14.3. The van der Waals surface area contributed by atoms with Crippen molar-refractivity contribution in [2.45, 2.75) is 45.7 Å². The van der Waals surface area contributed by atoms with Crippen molar-refractivity contribution in [2.24, 2.45) is 13.0 Å². The van der Waals surface area contributed by atoms with E-state index in [0.29, 0.717) is 12.0 Å². The van der Waals surface area contributed by atoms with E-state index in [1.54, 1.807) is 0 Å². The van der Waals surface area contributed by atoms with Crippen molar-refractivity contribution in [3.8, 4) is 0 Å². The van der Waals surface area contributed by atoms with Gasteiger partial charge < -0.3 is 10.4 Å². The maximum absolute atomic E-state index is 9.14. The number of aromatic nitrogens is 2. The van der Waals surface area contributed by atoms with E-state index < -0.39 is 0 Å². The van der Waals surface area contributed by atoms with Gasteiger partial charge in [0.25, 0.3) is 0 Å². The zero-order valence-electron chi connectivity index (χ0n) is 12.2. The summed E-state index contributed by atoms with van der Waals surface area (Å²) in [5, 5.41) is 17.3. The standard InChI is InChI=1S/C15H25N3O/c1-4-14-13(15(5-2)18(3)17-14)9-16-12-7-6-11(8-12)10-19/h6-7,11-12,16,19H,4-5,8-10H2,1-3H3/t11-,12+/m0/s1. The quantitative estimate of drug-likeness (QED) is 0.766. The maximum atomic E-state index is 9.14. The predicted octanol–water partition coefficient (Wildman–Crippen LogP) is 1.57. The van der Waals surface area contributed by atoms with E-state index in [4.69, 9.17) is 5.11 Å².